The Hall–Kier alpha value is -2.88. The summed E-state index contributed by atoms with van der Waals surface area (Å²) < 4.78 is 0. The molecule has 0 unspecified atom stereocenters. The summed E-state index contributed by atoms with van der Waals surface area (Å²) in [7, 11) is 0. The van der Waals surface area contributed by atoms with Crippen molar-refractivity contribution in [1.29, 1.82) is 0 Å². The smallest absolute Gasteiger partial charge is 0.273 e. The van der Waals surface area contributed by atoms with Gasteiger partial charge in [0, 0.05) is 16.8 Å². The van der Waals surface area contributed by atoms with E-state index in [0.29, 0.717) is 11.6 Å². The maximum Gasteiger partial charge on any atom is 0.273 e. The van der Waals surface area contributed by atoms with Crippen LogP contribution in [0.25, 0.3) is 11.3 Å². The van der Waals surface area contributed by atoms with E-state index in [9.17, 15) is 4.79 Å². The molecule has 2 N–H and O–H groups in total. The molecule has 4 heteroatoms. The summed E-state index contributed by atoms with van der Waals surface area (Å²) in [6.07, 6.45) is 1.77. The highest BCUT2D eigenvalue weighted by molar-refractivity contribution is 6.05. The molecule has 0 aliphatic heterocycles. The van der Waals surface area contributed by atoms with Crippen LogP contribution in [0.3, 0.4) is 0 Å². The van der Waals surface area contributed by atoms with E-state index < -0.39 is 0 Å². The van der Waals surface area contributed by atoms with Gasteiger partial charge in [-0.25, -0.2) is 0 Å². The molecule has 1 aliphatic rings. The van der Waals surface area contributed by atoms with Crippen molar-refractivity contribution >= 4 is 11.6 Å². The lowest BCUT2D eigenvalue weighted by Crippen LogP contribution is -2.15. The van der Waals surface area contributed by atoms with Crippen molar-refractivity contribution in [2.45, 2.75) is 32.6 Å². The summed E-state index contributed by atoms with van der Waals surface area (Å²) >= 11 is 0. The zero-order chi connectivity index (χ0) is 17.4. The van der Waals surface area contributed by atoms with Gasteiger partial charge in [0.25, 0.3) is 5.91 Å². The van der Waals surface area contributed by atoms with Crippen molar-refractivity contribution in [1.82, 2.24) is 10.2 Å². The molecule has 3 aromatic rings. The molecule has 0 fully saturated rings. The maximum absolute atomic E-state index is 12.7. The molecule has 0 saturated heterocycles. The third kappa shape index (κ3) is 2.84. The fourth-order valence-corrected chi connectivity index (χ4v) is 3.39. The second-order valence-electron chi connectivity index (χ2n) is 6.81. The number of aryl methyl sites for hydroxylation is 1. The van der Waals surface area contributed by atoms with Crippen LogP contribution >= 0.6 is 0 Å². The van der Waals surface area contributed by atoms with Gasteiger partial charge in [0.2, 0.25) is 0 Å². The predicted octanol–water partition coefficient (Wildman–Crippen LogP) is 4.55. The number of carbonyl (C=O) groups excluding carboxylic acids is 1. The lowest BCUT2D eigenvalue weighted by atomic mass is 9.89. The van der Waals surface area contributed by atoms with E-state index in [0.717, 1.165) is 35.3 Å². The molecule has 25 heavy (non-hydrogen) atoms. The Labute approximate surface area is 147 Å². The quantitative estimate of drug-likeness (QED) is 0.739. The first kappa shape index (κ1) is 15.6. The zero-order valence-corrected chi connectivity index (χ0v) is 14.5. The van der Waals surface area contributed by atoms with E-state index in [1.807, 2.05) is 24.3 Å². The van der Waals surface area contributed by atoms with Gasteiger partial charge in [0.15, 0.2) is 0 Å². The summed E-state index contributed by atoms with van der Waals surface area (Å²) in [6.45, 7) is 4.31. The molecule has 0 saturated carbocycles. The van der Waals surface area contributed by atoms with E-state index in [4.69, 9.17) is 0 Å². The van der Waals surface area contributed by atoms with Crippen molar-refractivity contribution < 1.29 is 4.79 Å². The Kier molecular flexibility index (Phi) is 3.88. The molecule has 0 bridgehead atoms. The summed E-state index contributed by atoms with van der Waals surface area (Å²) in [6, 6.07) is 16.3. The van der Waals surface area contributed by atoms with Crippen LogP contribution < -0.4 is 5.32 Å². The number of carbonyl (C=O) groups is 1. The molecule has 1 aromatic heterocycles. The van der Waals surface area contributed by atoms with Crippen LogP contribution in [0, 0.1) is 0 Å². The number of benzene rings is 2. The number of amides is 1. The van der Waals surface area contributed by atoms with Crippen molar-refractivity contribution in [2.75, 3.05) is 5.32 Å². The number of hydrogen-bond acceptors (Lipinski definition) is 2. The van der Waals surface area contributed by atoms with E-state index in [1.54, 1.807) is 0 Å². The number of fused-ring (bicyclic) bond motifs is 3. The van der Waals surface area contributed by atoms with Crippen LogP contribution in [-0.4, -0.2) is 16.1 Å². The first-order chi connectivity index (χ1) is 12.1. The molecule has 2 aromatic carbocycles. The minimum Gasteiger partial charge on any atom is -0.321 e. The van der Waals surface area contributed by atoms with Gasteiger partial charge in [-0.05, 0) is 42.0 Å². The zero-order valence-electron chi connectivity index (χ0n) is 14.5. The topological polar surface area (TPSA) is 57.8 Å². The molecule has 1 aliphatic carbocycles. The summed E-state index contributed by atoms with van der Waals surface area (Å²) in [5, 5.41) is 10.3. The van der Waals surface area contributed by atoms with E-state index >= 15 is 0 Å². The van der Waals surface area contributed by atoms with Crippen LogP contribution in [0.4, 0.5) is 5.69 Å². The van der Waals surface area contributed by atoms with Crippen molar-refractivity contribution in [2.24, 2.45) is 0 Å². The molecule has 0 atom stereocenters. The predicted molar refractivity (Wildman–Crippen MR) is 99.9 cm³/mol. The van der Waals surface area contributed by atoms with Crippen LogP contribution in [0.15, 0.2) is 48.5 Å². The molecule has 126 valence electrons. The van der Waals surface area contributed by atoms with Gasteiger partial charge in [-0.15, -0.1) is 0 Å². The maximum atomic E-state index is 12.7. The van der Waals surface area contributed by atoms with Crippen LogP contribution in [0.5, 0.6) is 0 Å². The third-order valence-corrected chi connectivity index (χ3v) is 4.85. The van der Waals surface area contributed by atoms with E-state index in [-0.39, 0.29) is 5.91 Å². The second kappa shape index (κ2) is 6.20. The van der Waals surface area contributed by atoms with Gasteiger partial charge >= 0.3 is 0 Å². The lowest BCUT2D eigenvalue weighted by molar-refractivity contribution is 0.102. The van der Waals surface area contributed by atoms with Crippen molar-refractivity contribution in [3.8, 4) is 11.3 Å². The highest BCUT2D eigenvalue weighted by Gasteiger charge is 2.24. The Morgan fingerprint density at radius 2 is 1.84 bits per heavy atom. The summed E-state index contributed by atoms with van der Waals surface area (Å²) in [5.41, 5.74) is 6.95. The molecule has 4 nitrogen and oxygen atoms in total. The largest absolute Gasteiger partial charge is 0.321 e. The van der Waals surface area contributed by atoms with E-state index in [1.165, 1.54) is 11.1 Å². The highest BCUT2D eigenvalue weighted by Crippen LogP contribution is 2.33. The van der Waals surface area contributed by atoms with Crippen LogP contribution in [0.1, 0.15) is 46.9 Å². The van der Waals surface area contributed by atoms with Gasteiger partial charge in [0.1, 0.15) is 5.69 Å². The number of rotatable bonds is 3. The van der Waals surface area contributed by atoms with Gasteiger partial charge in [0.05, 0.1) is 5.69 Å². The third-order valence-electron chi connectivity index (χ3n) is 4.85. The minimum atomic E-state index is -0.134. The lowest BCUT2D eigenvalue weighted by Gasteiger charge is -2.15. The van der Waals surface area contributed by atoms with Gasteiger partial charge in [-0.3, -0.25) is 9.89 Å². The normalized spacial score (nSPS) is 12.6. The molecular weight excluding hydrogens is 310 g/mol. The van der Waals surface area contributed by atoms with Gasteiger partial charge in [-0.2, -0.15) is 5.10 Å². The number of hydrogen-bond donors (Lipinski definition) is 2. The Balaban J connectivity index is 1.59. The molecule has 0 radical (unpaired) electrons. The van der Waals surface area contributed by atoms with E-state index in [2.05, 4.69) is 53.6 Å². The van der Waals surface area contributed by atoms with Crippen LogP contribution in [0.2, 0.25) is 0 Å². The highest BCUT2D eigenvalue weighted by atomic mass is 16.1. The number of nitrogens with one attached hydrogen (secondary N) is 2. The number of aromatic nitrogens is 2. The number of nitrogens with zero attached hydrogens (tertiary/aromatic N) is 1. The summed E-state index contributed by atoms with van der Waals surface area (Å²) in [5.74, 6) is 0.342. The molecule has 1 amide bonds. The number of H-pyrrole nitrogens is 1. The molecule has 0 spiro atoms. The van der Waals surface area contributed by atoms with Crippen LogP contribution in [-0.2, 0) is 12.8 Å². The molecular formula is C21H21N3O. The monoisotopic (exact) mass is 331 g/mol. The number of anilines is 1. The average Bonchev–Trinajstić information content (AvgIpc) is 3.07. The van der Waals surface area contributed by atoms with Crippen molar-refractivity contribution in [3.63, 3.8) is 0 Å². The SMILES string of the molecule is CC(C)c1ccc(NC(=O)c2[nH]nc3c2CCc2ccccc2-3)cc1. The fourth-order valence-electron chi connectivity index (χ4n) is 3.39. The minimum absolute atomic E-state index is 0.134. The molecule has 1 heterocycles. The Bertz CT molecular complexity index is 923. The number of aromatic amines is 1. The molecule has 4 rings (SSSR count). The first-order valence-electron chi connectivity index (χ1n) is 8.70. The average molecular weight is 331 g/mol. The summed E-state index contributed by atoms with van der Waals surface area (Å²) in [4.78, 5) is 12.7. The fraction of sp³-hybridized carbons (Fsp3) is 0.238. The van der Waals surface area contributed by atoms with Gasteiger partial charge < -0.3 is 5.32 Å². The Morgan fingerprint density at radius 3 is 2.60 bits per heavy atom. The van der Waals surface area contributed by atoms with Crippen molar-refractivity contribution in [3.05, 3.63) is 70.9 Å². The second-order valence-corrected chi connectivity index (χ2v) is 6.81. The standard InChI is InChI=1S/C21H21N3O/c1-13(2)14-7-10-16(11-8-14)22-21(25)20-18-12-9-15-5-3-4-6-17(15)19(18)23-24-20/h3-8,10-11,13H,9,12H2,1-2H3,(H,22,25)(H,23,24). The Morgan fingerprint density at radius 1 is 1.08 bits per heavy atom. The van der Waals surface area contributed by atoms with Gasteiger partial charge in [-0.1, -0.05) is 50.2 Å². The first-order valence-corrected chi connectivity index (χ1v) is 8.70.